The van der Waals surface area contributed by atoms with E-state index in [1.165, 1.54) is 94.1 Å². The van der Waals surface area contributed by atoms with Gasteiger partial charge in [0, 0.05) is 25.4 Å². The van der Waals surface area contributed by atoms with Gasteiger partial charge in [-0.1, -0.05) is 89.7 Å². The van der Waals surface area contributed by atoms with Crippen LogP contribution in [0, 0.1) is 11.3 Å². The summed E-state index contributed by atoms with van der Waals surface area (Å²) < 4.78 is 24.2. The predicted octanol–water partition coefficient (Wildman–Crippen LogP) is 9.85. The maximum atomic E-state index is 13.1. The van der Waals surface area contributed by atoms with Crippen LogP contribution in [0.2, 0.25) is 0 Å². The third kappa shape index (κ3) is 17.5. The Balaban J connectivity index is 1.16. The summed E-state index contributed by atoms with van der Waals surface area (Å²) in [5, 5.41) is 9.22. The quantitative estimate of drug-likeness (QED) is 0.0308. The molecule has 53 heavy (non-hydrogen) atoms. The molecule has 0 spiro atoms. The van der Waals surface area contributed by atoms with E-state index < -0.39 is 0 Å². The second-order valence-electron chi connectivity index (χ2n) is 16.2. The number of unbranched alkanes of at least 4 members (excludes halogenated alkanes) is 11. The smallest absolute Gasteiger partial charge is 0.305 e. The van der Waals surface area contributed by atoms with Crippen molar-refractivity contribution in [1.29, 1.82) is 0 Å². The molecule has 4 aliphatic rings. The Morgan fingerprint density at radius 2 is 1.43 bits per heavy atom. The van der Waals surface area contributed by atoms with Gasteiger partial charge in [-0.3, -0.25) is 9.59 Å². The molecule has 4 atom stereocenters. The van der Waals surface area contributed by atoms with Crippen molar-refractivity contribution in [3.05, 3.63) is 11.6 Å². The molecule has 4 unspecified atom stereocenters. The van der Waals surface area contributed by atoms with Gasteiger partial charge in [0.2, 0.25) is 0 Å². The summed E-state index contributed by atoms with van der Waals surface area (Å²) in [6.45, 7) is 8.55. The highest BCUT2D eigenvalue weighted by atomic mass is 32.2. The Morgan fingerprint density at radius 3 is 2.04 bits per heavy atom. The number of piperidine rings is 1. The van der Waals surface area contributed by atoms with Crippen LogP contribution in [0.25, 0.3) is 0 Å². The maximum Gasteiger partial charge on any atom is 0.305 e. The van der Waals surface area contributed by atoms with Gasteiger partial charge in [-0.15, -0.1) is 23.5 Å². The zero-order chi connectivity index (χ0) is 37.6. The van der Waals surface area contributed by atoms with Gasteiger partial charge >= 0.3 is 11.9 Å². The van der Waals surface area contributed by atoms with Gasteiger partial charge in [0.05, 0.1) is 30.3 Å². The number of aliphatic hydroxyl groups is 1. The second kappa shape index (κ2) is 26.2. The average Bonchev–Trinajstić information content (AvgIpc) is 3.66. The summed E-state index contributed by atoms with van der Waals surface area (Å²) in [5.74, 6) is 2.64. The van der Waals surface area contributed by atoms with Crippen molar-refractivity contribution < 1.29 is 33.6 Å². The highest BCUT2D eigenvalue weighted by molar-refractivity contribution is 8.17. The van der Waals surface area contributed by atoms with Crippen molar-refractivity contribution >= 4 is 35.5 Å². The fourth-order valence-electron chi connectivity index (χ4n) is 8.17. The Labute approximate surface area is 331 Å². The number of rotatable bonds is 32. The third-order valence-electron chi connectivity index (χ3n) is 11.8. The monoisotopic (exact) mass is 781 g/mol. The van der Waals surface area contributed by atoms with Gasteiger partial charge in [0.1, 0.15) is 6.10 Å². The van der Waals surface area contributed by atoms with Crippen molar-refractivity contribution in [3.63, 3.8) is 0 Å². The first kappa shape index (κ1) is 44.9. The minimum atomic E-state index is -0.319. The number of aliphatic hydroxyl groups excluding tert-OH is 1. The van der Waals surface area contributed by atoms with E-state index in [1.807, 2.05) is 0 Å². The number of esters is 2. The molecule has 4 rings (SSSR count). The lowest BCUT2D eigenvalue weighted by Crippen LogP contribution is -2.42. The molecular formula is C43H75NO7S2. The van der Waals surface area contributed by atoms with Crippen LogP contribution in [0.5, 0.6) is 0 Å². The molecule has 306 valence electrons. The molecule has 1 saturated carbocycles. The van der Waals surface area contributed by atoms with Gasteiger partial charge in [0.25, 0.3) is 0 Å². The van der Waals surface area contributed by atoms with Crippen LogP contribution in [0.1, 0.15) is 162 Å². The number of carbonyl (C=O) groups excluding carboxylic acids is 2. The van der Waals surface area contributed by atoms with E-state index in [9.17, 15) is 14.7 Å². The Bertz CT molecular complexity index is 1030. The number of hydrogen-bond donors (Lipinski definition) is 1. The SMILES string of the molecule is CCCCCCCCSC(CCC(=O)OCCC1(CCOC(=O)CCC2OC3C=C4CC4C3O2)CCN(CCCCO)CC1)SCCCCCCCC. The van der Waals surface area contributed by atoms with Gasteiger partial charge in [-0.25, -0.2) is 0 Å². The van der Waals surface area contributed by atoms with E-state index in [0.29, 0.717) is 43.0 Å². The number of thioether (sulfide) groups is 2. The van der Waals surface area contributed by atoms with Gasteiger partial charge in [-0.2, -0.15) is 0 Å². The highest BCUT2D eigenvalue weighted by Crippen LogP contribution is 2.52. The van der Waals surface area contributed by atoms with Crippen LogP contribution in [0.3, 0.4) is 0 Å². The van der Waals surface area contributed by atoms with Crippen molar-refractivity contribution in [3.8, 4) is 0 Å². The second-order valence-corrected chi connectivity index (χ2v) is 19.1. The molecule has 0 amide bonds. The first-order valence-electron chi connectivity index (χ1n) is 21.8. The lowest BCUT2D eigenvalue weighted by atomic mass is 9.73. The molecule has 2 heterocycles. The van der Waals surface area contributed by atoms with Crippen molar-refractivity contribution in [1.82, 2.24) is 4.90 Å². The summed E-state index contributed by atoms with van der Waals surface area (Å²) >= 11 is 4.12. The Morgan fingerprint density at radius 1 is 0.830 bits per heavy atom. The van der Waals surface area contributed by atoms with E-state index in [1.54, 1.807) is 0 Å². The zero-order valence-corrected chi connectivity index (χ0v) is 35.2. The number of hydrogen-bond acceptors (Lipinski definition) is 10. The normalized spacial score (nSPS) is 23.2. The molecule has 8 nitrogen and oxygen atoms in total. The van der Waals surface area contributed by atoms with Crippen LogP contribution in [-0.4, -0.2) is 96.0 Å². The molecular weight excluding hydrogens is 707 g/mol. The van der Waals surface area contributed by atoms with E-state index >= 15 is 0 Å². The molecule has 1 N–H and O–H groups in total. The minimum absolute atomic E-state index is 0.0139. The predicted molar refractivity (Wildman–Crippen MR) is 219 cm³/mol. The van der Waals surface area contributed by atoms with Gasteiger partial charge in [-0.05, 0) is 101 Å². The largest absolute Gasteiger partial charge is 0.466 e. The van der Waals surface area contributed by atoms with Gasteiger partial charge in [0.15, 0.2) is 6.29 Å². The molecule has 2 aliphatic carbocycles. The summed E-state index contributed by atoms with van der Waals surface area (Å²) in [4.78, 5) is 28.3. The fourth-order valence-corrected chi connectivity index (χ4v) is 11.0. The number of ether oxygens (including phenoxy) is 4. The Kier molecular flexibility index (Phi) is 22.2. The minimum Gasteiger partial charge on any atom is -0.466 e. The van der Waals surface area contributed by atoms with Crippen LogP contribution in [0.4, 0.5) is 0 Å². The maximum absolute atomic E-state index is 13.1. The summed E-state index contributed by atoms with van der Waals surface area (Å²) in [7, 11) is 0. The molecule has 3 fully saturated rings. The Hall–Kier alpha value is -0.780. The van der Waals surface area contributed by atoms with E-state index in [4.69, 9.17) is 18.9 Å². The van der Waals surface area contributed by atoms with E-state index in [0.717, 1.165) is 71.0 Å². The average molecular weight is 782 g/mol. The molecule has 0 bridgehead atoms. The molecule has 2 aliphatic heterocycles. The lowest BCUT2D eigenvalue weighted by Gasteiger charge is -2.42. The van der Waals surface area contributed by atoms with Crippen LogP contribution >= 0.6 is 23.5 Å². The molecule has 0 aromatic rings. The number of nitrogens with zero attached hydrogens (tertiary/aromatic N) is 1. The lowest BCUT2D eigenvalue weighted by molar-refractivity contribution is -0.148. The summed E-state index contributed by atoms with van der Waals surface area (Å²) in [6, 6.07) is 0. The third-order valence-corrected chi connectivity index (χ3v) is 14.9. The van der Waals surface area contributed by atoms with E-state index in [2.05, 4.69) is 48.3 Å². The molecule has 2 saturated heterocycles. The van der Waals surface area contributed by atoms with E-state index in [-0.39, 0.29) is 42.5 Å². The summed E-state index contributed by atoms with van der Waals surface area (Å²) in [5.41, 5.74) is 1.45. The molecule has 10 heteroatoms. The standard InChI is InChI=1S/C43H75NO7S2/c1-3-5-7-9-11-15-31-52-41(53-32-16-12-10-8-6-4-2)20-18-39(47)49-30-24-43(21-26-44(27-22-43)25-13-14-28-45)23-29-48-38(46)17-19-40-50-37-34-35-33-36(35)42(37)51-40/h34,36-37,40-42,45H,3-33H2,1-2H3. The molecule has 0 radical (unpaired) electrons. The first-order chi connectivity index (χ1) is 25.9. The zero-order valence-electron chi connectivity index (χ0n) is 33.5. The number of likely N-dealkylation sites (tertiary alicyclic amines) is 1. The summed E-state index contributed by atoms with van der Waals surface area (Å²) in [6.07, 6.45) is 26.6. The topological polar surface area (TPSA) is 94.5 Å². The van der Waals surface area contributed by atoms with Crippen LogP contribution < -0.4 is 0 Å². The molecule has 0 aromatic carbocycles. The van der Waals surface area contributed by atoms with Crippen LogP contribution in [-0.2, 0) is 28.5 Å². The van der Waals surface area contributed by atoms with Crippen molar-refractivity contribution in [2.45, 2.75) is 185 Å². The fraction of sp³-hybridized carbons (Fsp3) is 0.907. The number of carbonyl (C=O) groups is 2. The first-order valence-corrected chi connectivity index (χ1v) is 23.9. The van der Waals surface area contributed by atoms with Crippen molar-refractivity contribution in [2.75, 3.05) is 51.0 Å². The van der Waals surface area contributed by atoms with Gasteiger partial charge < -0.3 is 29.0 Å². The highest BCUT2D eigenvalue weighted by Gasteiger charge is 2.53. The van der Waals surface area contributed by atoms with Crippen LogP contribution in [0.15, 0.2) is 11.6 Å². The molecule has 0 aromatic heterocycles. The number of fused-ring (bicyclic) bond motifs is 3. The van der Waals surface area contributed by atoms with Crippen molar-refractivity contribution in [2.24, 2.45) is 11.3 Å².